The highest BCUT2D eigenvalue weighted by molar-refractivity contribution is 5.75. The molecule has 8 nitrogen and oxygen atoms in total. The van der Waals surface area contributed by atoms with Crippen molar-refractivity contribution in [3.05, 3.63) is 74.1 Å². The van der Waals surface area contributed by atoms with Crippen LogP contribution in [0.3, 0.4) is 0 Å². The van der Waals surface area contributed by atoms with Gasteiger partial charge in [0.05, 0.1) is 0 Å². The molecule has 0 unspecified atom stereocenters. The number of benzene rings is 1. The molecule has 0 aromatic heterocycles. The van der Waals surface area contributed by atoms with Crippen LogP contribution in [0.1, 0.15) is 18.1 Å². The van der Waals surface area contributed by atoms with Crippen LogP contribution >= 0.6 is 0 Å². The summed E-state index contributed by atoms with van der Waals surface area (Å²) in [6, 6.07) is 8.41. The van der Waals surface area contributed by atoms with Crippen LogP contribution in [0, 0.1) is 0 Å². The van der Waals surface area contributed by atoms with Gasteiger partial charge in [0.1, 0.15) is 0 Å². The lowest BCUT2D eigenvalue weighted by Gasteiger charge is -2.21. The minimum Gasteiger partial charge on any atom is -0.387 e. The number of hydrogen-bond acceptors (Lipinski definition) is 4. The van der Waals surface area contributed by atoms with Crippen molar-refractivity contribution in [2.75, 3.05) is 32.7 Å². The van der Waals surface area contributed by atoms with Crippen LogP contribution in [0.2, 0.25) is 0 Å². The van der Waals surface area contributed by atoms with E-state index in [0.29, 0.717) is 32.7 Å². The van der Waals surface area contributed by atoms with Crippen LogP contribution in [0.15, 0.2) is 52.3 Å². The molecular formula is C17H22N8. The van der Waals surface area contributed by atoms with E-state index in [9.17, 15) is 0 Å². The van der Waals surface area contributed by atoms with Gasteiger partial charge in [-0.05, 0) is 34.7 Å². The molecule has 0 saturated heterocycles. The van der Waals surface area contributed by atoms with E-state index < -0.39 is 0 Å². The van der Waals surface area contributed by atoms with Gasteiger partial charge in [-0.1, -0.05) is 46.1 Å². The molecule has 0 spiro atoms. The largest absolute Gasteiger partial charge is 0.387 e. The van der Waals surface area contributed by atoms with Crippen molar-refractivity contribution < 1.29 is 0 Å². The molecule has 1 aromatic carbocycles. The van der Waals surface area contributed by atoms with Gasteiger partial charge in [-0.15, -0.1) is 0 Å². The highest BCUT2D eigenvalue weighted by Gasteiger charge is 2.07. The van der Waals surface area contributed by atoms with Gasteiger partial charge in [0.15, 0.2) is 0 Å². The van der Waals surface area contributed by atoms with Crippen molar-refractivity contribution in [2.24, 2.45) is 10.2 Å². The Morgan fingerprint density at radius 3 is 2.28 bits per heavy atom. The number of hydrogen-bond donors (Lipinski definition) is 1. The second kappa shape index (κ2) is 10.1. The first-order chi connectivity index (χ1) is 12.2. The summed E-state index contributed by atoms with van der Waals surface area (Å²) in [5.74, 6) is 0. The van der Waals surface area contributed by atoms with E-state index in [-0.39, 0.29) is 0 Å². The third-order valence-electron chi connectivity index (χ3n) is 3.89. The molecule has 0 saturated carbocycles. The third-order valence-corrected chi connectivity index (χ3v) is 3.89. The molecule has 1 heterocycles. The minimum absolute atomic E-state index is 0.396. The van der Waals surface area contributed by atoms with E-state index in [1.54, 1.807) is 0 Å². The Morgan fingerprint density at radius 1 is 1.08 bits per heavy atom. The smallest absolute Gasteiger partial charge is 0.0385 e. The van der Waals surface area contributed by atoms with E-state index in [1.807, 2.05) is 6.20 Å². The SMILES string of the molecule is CC1=CC(c2ccc(CN(CCN=[N+]=[N-])CCN=[N+]=[N-])cc2)=CNC1. The molecule has 1 aromatic rings. The van der Waals surface area contributed by atoms with Crippen LogP contribution in [0.5, 0.6) is 0 Å². The Balaban J connectivity index is 2.01. The first-order valence-electron chi connectivity index (χ1n) is 8.17. The Bertz CT molecular complexity index is 700. The van der Waals surface area contributed by atoms with Crippen molar-refractivity contribution in [3.63, 3.8) is 0 Å². The average Bonchev–Trinajstić information content (AvgIpc) is 2.62. The second-order valence-electron chi connectivity index (χ2n) is 5.85. The Kier molecular flexibility index (Phi) is 7.41. The molecule has 1 aliphatic heterocycles. The molecule has 8 heteroatoms. The molecule has 0 amide bonds. The first-order valence-corrected chi connectivity index (χ1v) is 8.17. The molecule has 2 rings (SSSR count). The van der Waals surface area contributed by atoms with Gasteiger partial charge >= 0.3 is 0 Å². The first kappa shape index (κ1) is 18.4. The zero-order chi connectivity index (χ0) is 17.9. The molecule has 25 heavy (non-hydrogen) atoms. The summed E-state index contributed by atoms with van der Waals surface area (Å²) < 4.78 is 0. The fraction of sp³-hybridized carbons (Fsp3) is 0.412. The van der Waals surface area contributed by atoms with Crippen molar-refractivity contribution in [1.29, 1.82) is 0 Å². The lowest BCUT2D eigenvalue weighted by atomic mass is 10.0. The van der Waals surface area contributed by atoms with E-state index in [4.69, 9.17) is 11.1 Å². The quantitative estimate of drug-likeness (QED) is 0.416. The Labute approximate surface area is 147 Å². The normalized spacial score (nSPS) is 13.2. The summed E-state index contributed by atoms with van der Waals surface area (Å²) >= 11 is 0. The van der Waals surface area contributed by atoms with Crippen LogP contribution < -0.4 is 5.32 Å². The molecule has 0 aliphatic carbocycles. The van der Waals surface area contributed by atoms with Crippen LogP contribution in [-0.2, 0) is 6.54 Å². The average molecular weight is 338 g/mol. The molecule has 1 N–H and O–H groups in total. The fourth-order valence-corrected chi connectivity index (χ4v) is 2.64. The van der Waals surface area contributed by atoms with Gasteiger partial charge < -0.3 is 5.32 Å². The number of dihydropyridines is 1. The molecule has 0 bridgehead atoms. The number of rotatable bonds is 9. The summed E-state index contributed by atoms with van der Waals surface area (Å²) in [6.45, 7) is 5.77. The monoisotopic (exact) mass is 338 g/mol. The second-order valence-corrected chi connectivity index (χ2v) is 5.85. The van der Waals surface area contributed by atoms with Crippen molar-refractivity contribution >= 4 is 5.57 Å². The number of allylic oxidation sites excluding steroid dienone is 2. The Morgan fingerprint density at radius 2 is 1.72 bits per heavy atom. The highest BCUT2D eigenvalue weighted by atomic mass is 15.2. The summed E-state index contributed by atoms with van der Waals surface area (Å²) in [7, 11) is 0. The third kappa shape index (κ3) is 6.24. The zero-order valence-electron chi connectivity index (χ0n) is 14.3. The van der Waals surface area contributed by atoms with Crippen LogP contribution in [-0.4, -0.2) is 37.6 Å². The van der Waals surface area contributed by atoms with Gasteiger partial charge in [0.2, 0.25) is 0 Å². The summed E-state index contributed by atoms with van der Waals surface area (Å²) in [5, 5.41) is 10.4. The number of nitrogens with zero attached hydrogens (tertiary/aromatic N) is 7. The maximum Gasteiger partial charge on any atom is 0.0385 e. The number of azide groups is 2. The van der Waals surface area contributed by atoms with Crippen molar-refractivity contribution in [1.82, 2.24) is 10.2 Å². The topological polar surface area (TPSA) is 113 Å². The van der Waals surface area contributed by atoms with E-state index in [1.165, 1.54) is 16.7 Å². The Hall–Kier alpha value is -2.92. The van der Waals surface area contributed by atoms with Crippen LogP contribution in [0.25, 0.3) is 26.5 Å². The fourth-order valence-electron chi connectivity index (χ4n) is 2.64. The van der Waals surface area contributed by atoms with E-state index >= 15 is 0 Å². The van der Waals surface area contributed by atoms with Gasteiger partial charge in [0.25, 0.3) is 0 Å². The zero-order valence-corrected chi connectivity index (χ0v) is 14.3. The number of nitrogens with one attached hydrogen (secondary N) is 1. The maximum atomic E-state index is 8.41. The summed E-state index contributed by atoms with van der Waals surface area (Å²) in [4.78, 5) is 7.67. The molecule has 1 aliphatic rings. The maximum absolute atomic E-state index is 8.41. The standard InChI is InChI=1S/C17H22N8/c1-14-10-17(12-20-11-14)16-4-2-15(3-5-16)13-25(8-6-21-23-18)9-7-22-24-19/h2-5,10,12,20H,6-9,11,13H2,1H3. The van der Waals surface area contributed by atoms with Gasteiger partial charge in [-0.25, -0.2) is 0 Å². The van der Waals surface area contributed by atoms with Crippen molar-refractivity contribution in [3.8, 4) is 0 Å². The summed E-state index contributed by atoms with van der Waals surface area (Å²) in [6.07, 6.45) is 4.23. The molecule has 0 radical (unpaired) electrons. The lowest BCUT2D eigenvalue weighted by Crippen LogP contribution is -2.28. The summed E-state index contributed by atoms with van der Waals surface area (Å²) in [5.41, 5.74) is 21.7. The predicted molar refractivity (Wildman–Crippen MR) is 99.5 cm³/mol. The van der Waals surface area contributed by atoms with E-state index in [0.717, 1.165) is 12.1 Å². The van der Waals surface area contributed by atoms with Crippen molar-refractivity contribution in [2.45, 2.75) is 13.5 Å². The highest BCUT2D eigenvalue weighted by Crippen LogP contribution is 2.20. The van der Waals surface area contributed by atoms with Gasteiger partial charge in [0, 0.05) is 55.3 Å². The lowest BCUT2D eigenvalue weighted by molar-refractivity contribution is 0.281. The molecule has 0 atom stereocenters. The molecular weight excluding hydrogens is 316 g/mol. The van der Waals surface area contributed by atoms with Gasteiger partial charge in [-0.2, -0.15) is 0 Å². The predicted octanol–water partition coefficient (Wildman–Crippen LogP) is 4.00. The molecule has 130 valence electrons. The van der Waals surface area contributed by atoms with Crippen LogP contribution in [0.4, 0.5) is 0 Å². The van der Waals surface area contributed by atoms with E-state index in [2.05, 4.69) is 67.5 Å². The minimum atomic E-state index is 0.396. The molecule has 0 fully saturated rings. The van der Waals surface area contributed by atoms with Gasteiger partial charge in [-0.3, -0.25) is 4.90 Å².